The SMILES string of the molecule is COc1ccc(Cl)c(N=C(C)N)c1. The third kappa shape index (κ3) is 2.63. The molecule has 70 valence electrons. The normalized spacial score (nSPS) is 11.5. The molecule has 0 spiro atoms. The molecule has 0 aliphatic carbocycles. The minimum Gasteiger partial charge on any atom is -0.497 e. The number of halogens is 1. The van der Waals surface area contributed by atoms with Crippen LogP contribution in [0.2, 0.25) is 5.02 Å². The van der Waals surface area contributed by atoms with Crippen LogP contribution < -0.4 is 10.5 Å². The average molecular weight is 199 g/mol. The molecule has 1 aromatic carbocycles. The lowest BCUT2D eigenvalue weighted by Crippen LogP contribution is -2.03. The quantitative estimate of drug-likeness (QED) is 0.586. The highest BCUT2D eigenvalue weighted by Crippen LogP contribution is 2.28. The maximum Gasteiger partial charge on any atom is 0.121 e. The van der Waals surface area contributed by atoms with E-state index in [0.717, 1.165) is 0 Å². The second-order valence-corrected chi connectivity index (χ2v) is 2.98. The van der Waals surface area contributed by atoms with Gasteiger partial charge in [0.15, 0.2) is 0 Å². The van der Waals surface area contributed by atoms with Gasteiger partial charge in [0.1, 0.15) is 5.75 Å². The fraction of sp³-hybridized carbons (Fsp3) is 0.222. The van der Waals surface area contributed by atoms with Crippen molar-refractivity contribution in [2.75, 3.05) is 7.11 Å². The summed E-state index contributed by atoms with van der Waals surface area (Å²) >= 11 is 5.88. The van der Waals surface area contributed by atoms with Gasteiger partial charge in [-0.25, -0.2) is 4.99 Å². The Labute approximate surface area is 82.2 Å². The van der Waals surface area contributed by atoms with Crippen molar-refractivity contribution in [2.45, 2.75) is 6.92 Å². The average Bonchev–Trinajstić information content (AvgIpc) is 2.08. The summed E-state index contributed by atoms with van der Waals surface area (Å²) < 4.78 is 5.02. The molecule has 0 atom stereocenters. The van der Waals surface area contributed by atoms with Crippen molar-refractivity contribution < 1.29 is 4.74 Å². The fourth-order valence-corrected chi connectivity index (χ4v) is 1.05. The van der Waals surface area contributed by atoms with Gasteiger partial charge in [-0.2, -0.15) is 0 Å². The molecule has 1 aromatic rings. The molecule has 0 saturated carbocycles. The number of hydrogen-bond acceptors (Lipinski definition) is 2. The molecule has 3 nitrogen and oxygen atoms in total. The van der Waals surface area contributed by atoms with Crippen molar-refractivity contribution >= 4 is 23.1 Å². The van der Waals surface area contributed by atoms with Gasteiger partial charge in [0, 0.05) is 6.07 Å². The van der Waals surface area contributed by atoms with E-state index in [1.54, 1.807) is 32.2 Å². The maximum atomic E-state index is 5.88. The van der Waals surface area contributed by atoms with Crippen LogP contribution in [0.5, 0.6) is 5.75 Å². The first-order chi connectivity index (χ1) is 6.13. The molecule has 0 aliphatic heterocycles. The molecular weight excluding hydrogens is 188 g/mol. The van der Waals surface area contributed by atoms with E-state index in [0.29, 0.717) is 22.3 Å². The van der Waals surface area contributed by atoms with E-state index < -0.39 is 0 Å². The van der Waals surface area contributed by atoms with Crippen LogP contribution in [0.4, 0.5) is 5.69 Å². The summed E-state index contributed by atoms with van der Waals surface area (Å²) in [6.45, 7) is 1.70. The zero-order chi connectivity index (χ0) is 9.84. The van der Waals surface area contributed by atoms with Crippen LogP contribution in [0.1, 0.15) is 6.92 Å². The largest absolute Gasteiger partial charge is 0.497 e. The van der Waals surface area contributed by atoms with Gasteiger partial charge < -0.3 is 10.5 Å². The van der Waals surface area contributed by atoms with E-state index in [1.165, 1.54) is 0 Å². The Hall–Kier alpha value is -1.22. The maximum absolute atomic E-state index is 5.88. The van der Waals surface area contributed by atoms with Crippen molar-refractivity contribution in [3.05, 3.63) is 23.2 Å². The Kier molecular flexibility index (Phi) is 3.14. The van der Waals surface area contributed by atoms with Crippen LogP contribution in [-0.2, 0) is 0 Å². The molecule has 4 heteroatoms. The molecule has 0 heterocycles. The predicted octanol–water partition coefficient (Wildman–Crippen LogP) is 2.36. The summed E-state index contributed by atoms with van der Waals surface area (Å²) in [5, 5.41) is 0.561. The number of hydrogen-bond donors (Lipinski definition) is 1. The zero-order valence-corrected chi connectivity index (χ0v) is 8.30. The van der Waals surface area contributed by atoms with Crippen LogP contribution in [0.3, 0.4) is 0 Å². The summed E-state index contributed by atoms with van der Waals surface area (Å²) in [6.07, 6.45) is 0. The lowest BCUT2D eigenvalue weighted by atomic mass is 10.3. The topological polar surface area (TPSA) is 47.6 Å². The van der Waals surface area contributed by atoms with E-state index >= 15 is 0 Å². The minimum absolute atomic E-state index is 0.468. The highest BCUT2D eigenvalue weighted by molar-refractivity contribution is 6.33. The molecule has 0 unspecified atom stereocenters. The summed E-state index contributed by atoms with van der Waals surface area (Å²) in [6, 6.07) is 5.23. The third-order valence-electron chi connectivity index (χ3n) is 1.45. The fourth-order valence-electron chi connectivity index (χ4n) is 0.895. The number of amidine groups is 1. The summed E-state index contributed by atoms with van der Waals surface area (Å²) in [5.74, 6) is 1.18. The van der Waals surface area contributed by atoms with Crippen LogP contribution in [0, 0.1) is 0 Å². The Morgan fingerprint density at radius 2 is 2.23 bits per heavy atom. The Morgan fingerprint density at radius 3 is 2.77 bits per heavy atom. The van der Waals surface area contributed by atoms with Crippen LogP contribution in [0.25, 0.3) is 0 Å². The van der Waals surface area contributed by atoms with Crippen LogP contribution >= 0.6 is 11.6 Å². The van der Waals surface area contributed by atoms with Gasteiger partial charge in [0.2, 0.25) is 0 Å². The molecule has 0 bridgehead atoms. The molecule has 0 aromatic heterocycles. The van der Waals surface area contributed by atoms with Crippen molar-refractivity contribution in [3.8, 4) is 5.75 Å². The molecule has 0 amide bonds. The van der Waals surface area contributed by atoms with Gasteiger partial charge in [-0.05, 0) is 19.1 Å². The number of ether oxygens (including phenoxy) is 1. The number of benzene rings is 1. The minimum atomic E-state index is 0.468. The van der Waals surface area contributed by atoms with Crippen LogP contribution in [0.15, 0.2) is 23.2 Å². The molecule has 1 rings (SSSR count). The highest BCUT2D eigenvalue weighted by Gasteiger charge is 2.00. The van der Waals surface area contributed by atoms with Crippen molar-refractivity contribution in [1.82, 2.24) is 0 Å². The smallest absolute Gasteiger partial charge is 0.121 e. The lowest BCUT2D eigenvalue weighted by Gasteiger charge is -2.02. The highest BCUT2D eigenvalue weighted by atomic mass is 35.5. The van der Waals surface area contributed by atoms with E-state index in [9.17, 15) is 0 Å². The monoisotopic (exact) mass is 198 g/mol. The van der Waals surface area contributed by atoms with E-state index in [4.69, 9.17) is 22.1 Å². The van der Waals surface area contributed by atoms with Gasteiger partial charge in [-0.1, -0.05) is 11.6 Å². The standard InChI is InChI=1S/C9H11ClN2O/c1-6(11)12-9-5-7(13-2)3-4-8(9)10/h3-5H,1-2H3,(H2,11,12). The van der Waals surface area contributed by atoms with Gasteiger partial charge >= 0.3 is 0 Å². The molecule has 0 radical (unpaired) electrons. The van der Waals surface area contributed by atoms with Gasteiger partial charge in [0.25, 0.3) is 0 Å². The second-order valence-electron chi connectivity index (χ2n) is 2.57. The van der Waals surface area contributed by atoms with E-state index in [2.05, 4.69) is 4.99 Å². The molecule has 2 N–H and O–H groups in total. The first-order valence-corrected chi connectivity index (χ1v) is 4.15. The summed E-state index contributed by atoms with van der Waals surface area (Å²) in [4.78, 5) is 4.05. The zero-order valence-electron chi connectivity index (χ0n) is 7.54. The van der Waals surface area contributed by atoms with Crippen molar-refractivity contribution in [3.63, 3.8) is 0 Å². The van der Waals surface area contributed by atoms with Crippen LogP contribution in [-0.4, -0.2) is 12.9 Å². The first-order valence-electron chi connectivity index (χ1n) is 3.78. The number of methoxy groups -OCH3 is 1. The predicted molar refractivity (Wildman–Crippen MR) is 55.0 cm³/mol. The van der Waals surface area contributed by atoms with E-state index in [1.807, 2.05) is 0 Å². The molecule has 0 saturated heterocycles. The Morgan fingerprint density at radius 1 is 1.54 bits per heavy atom. The molecule has 0 aliphatic rings. The lowest BCUT2D eigenvalue weighted by molar-refractivity contribution is 0.415. The van der Waals surface area contributed by atoms with Gasteiger partial charge in [-0.15, -0.1) is 0 Å². The van der Waals surface area contributed by atoms with Gasteiger partial charge in [-0.3, -0.25) is 0 Å². The first kappa shape index (κ1) is 9.86. The summed E-state index contributed by atoms with van der Waals surface area (Å²) in [7, 11) is 1.59. The van der Waals surface area contributed by atoms with Crippen molar-refractivity contribution in [2.24, 2.45) is 10.7 Å². The second kappa shape index (κ2) is 4.14. The number of nitrogens with zero attached hydrogens (tertiary/aromatic N) is 1. The van der Waals surface area contributed by atoms with Crippen molar-refractivity contribution in [1.29, 1.82) is 0 Å². The van der Waals surface area contributed by atoms with Gasteiger partial charge in [0.05, 0.1) is 23.7 Å². The molecule has 13 heavy (non-hydrogen) atoms. The van der Waals surface area contributed by atoms with E-state index in [-0.39, 0.29) is 0 Å². The summed E-state index contributed by atoms with van der Waals surface area (Å²) in [5.41, 5.74) is 6.06. The number of nitrogens with two attached hydrogens (primary N) is 1. The number of rotatable bonds is 2. The molecular formula is C9H11ClN2O. The Balaban J connectivity index is 3.11. The number of aliphatic imine (C=N–C) groups is 1. The third-order valence-corrected chi connectivity index (χ3v) is 1.77. The molecule has 0 fully saturated rings. The Bertz CT molecular complexity index is 332.